The van der Waals surface area contributed by atoms with Crippen molar-refractivity contribution in [3.05, 3.63) is 18.5 Å². The van der Waals surface area contributed by atoms with Gasteiger partial charge in [0.15, 0.2) is 0 Å². The third kappa shape index (κ3) is 2.49. The van der Waals surface area contributed by atoms with Gasteiger partial charge in [-0.3, -0.25) is 4.98 Å². The van der Waals surface area contributed by atoms with E-state index in [0.717, 1.165) is 6.42 Å². The third-order valence-electron chi connectivity index (χ3n) is 3.51. The van der Waals surface area contributed by atoms with Crippen molar-refractivity contribution in [3.8, 4) is 0 Å². The van der Waals surface area contributed by atoms with E-state index in [1.807, 2.05) is 0 Å². The molecule has 6 heteroatoms. The Labute approximate surface area is 108 Å². The van der Waals surface area contributed by atoms with Gasteiger partial charge in [-0.25, -0.2) is 12.7 Å². The minimum Gasteiger partial charge on any atom is -0.387 e. The van der Waals surface area contributed by atoms with E-state index in [1.54, 1.807) is 26.4 Å². The monoisotopic (exact) mass is 269 g/mol. The quantitative estimate of drug-likeness (QED) is 0.877. The molecule has 1 aromatic rings. The number of hydrogen-bond donors (Lipinski definition) is 1. The Morgan fingerprint density at radius 1 is 1.56 bits per heavy atom. The predicted octanol–water partition coefficient (Wildman–Crippen LogP) is 1.40. The van der Waals surface area contributed by atoms with Crippen LogP contribution in [-0.4, -0.2) is 38.3 Å². The van der Waals surface area contributed by atoms with Gasteiger partial charge in [-0.05, 0) is 24.3 Å². The number of rotatable bonds is 5. The lowest BCUT2D eigenvalue weighted by molar-refractivity contribution is 0.444. The van der Waals surface area contributed by atoms with Crippen molar-refractivity contribution in [1.82, 2.24) is 9.29 Å². The SMILES string of the molecule is CNc1ccncc1S(=O)(=O)N(C)CC1CC1C. The van der Waals surface area contributed by atoms with Gasteiger partial charge in [0.1, 0.15) is 4.90 Å². The molecule has 18 heavy (non-hydrogen) atoms. The van der Waals surface area contributed by atoms with Crippen LogP contribution in [0.15, 0.2) is 23.4 Å². The number of nitrogens with one attached hydrogen (secondary N) is 1. The number of sulfonamides is 1. The summed E-state index contributed by atoms with van der Waals surface area (Å²) in [6.07, 6.45) is 4.09. The lowest BCUT2D eigenvalue weighted by Crippen LogP contribution is -2.29. The Bertz CT molecular complexity index is 530. The summed E-state index contributed by atoms with van der Waals surface area (Å²) in [7, 11) is -0.114. The minimum atomic E-state index is -3.45. The first-order chi connectivity index (χ1) is 8.46. The Morgan fingerprint density at radius 2 is 2.22 bits per heavy atom. The molecule has 0 radical (unpaired) electrons. The highest BCUT2D eigenvalue weighted by Gasteiger charge is 2.36. The minimum absolute atomic E-state index is 0.239. The Balaban J connectivity index is 2.24. The highest BCUT2D eigenvalue weighted by molar-refractivity contribution is 7.89. The number of aromatic nitrogens is 1. The van der Waals surface area contributed by atoms with E-state index in [0.29, 0.717) is 24.1 Å². The number of pyridine rings is 1. The second-order valence-corrected chi connectivity index (χ2v) is 6.89. The molecule has 5 nitrogen and oxygen atoms in total. The largest absolute Gasteiger partial charge is 0.387 e. The number of hydrogen-bond acceptors (Lipinski definition) is 4. The van der Waals surface area contributed by atoms with Gasteiger partial charge in [-0.15, -0.1) is 0 Å². The standard InChI is InChI=1S/C12H19N3O2S/c1-9-6-10(9)8-15(3)18(16,17)12-7-14-5-4-11(12)13-2/h4-5,7,9-10H,6,8H2,1-3H3,(H,13,14). The third-order valence-corrected chi connectivity index (χ3v) is 5.36. The van der Waals surface area contributed by atoms with Crippen LogP contribution >= 0.6 is 0 Å². The summed E-state index contributed by atoms with van der Waals surface area (Å²) >= 11 is 0. The van der Waals surface area contributed by atoms with Crippen molar-refractivity contribution in [2.45, 2.75) is 18.2 Å². The number of nitrogens with zero attached hydrogens (tertiary/aromatic N) is 2. The number of anilines is 1. The predicted molar refractivity (Wildman–Crippen MR) is 70.9 cm³/mol. The fourth-order valence-corrected chi connectivity index (χ4v) is 3.41. The van der Waals surface area contributed by atoms with Gasteiger partial charge in [0.2, 0.25) is 10.0 Å². The zero-order chi connectivity index (χ0) is 13.3. The van der Waals surface area contributed by atoms with Crippen LogP contribution in [-0.2, 0) is 10.0 Å². The summed E-state index contributed by atoms with van der Waals surface area (Å²) in [6.45, 7) is 2.73. The van der Waals surface area contributed by atoms with Crippen molar-refractivity contribution >= 4 is 15.7 Å². The lowest BCUT2D eigenvalue weighted by atomic mass is 10.3. The smallest absolute Gasteiger partial charge is 0.246 e. The molecule has 0 amide bonds. The first-order valence-corrected chi connectivity index (χ1v) is 7.49. The van der Waals surface area contributed by atoms with Crippen LogP contribution < -0.4 is 5.32 Å². The van der Waals surface area contributed by atoms with Crippen LogP contribution in [0.2, 0.25) is 0 Å². The van der Waals surface area contributed by atoms with Crippen molar-refractivity contribution in [1.29, 1.82) is 0 Å². The van der Waals surface area contributed by atoms with E-state index >= 15 is 0 Å². The zero-order valence-corrected chi connectivity index (χ0v) is 11.7. The molecule has 2 atom stereocenters. The molecule has 1 aliphatic rings. The van der Waals surface area contributed by atoms with Gasteiger partial charge in [0.05, 0.1) is 5.69 Å². The molecule has 2 rings (SSSR count). The molecule has 1 N–H and O–H groups in total. The van der Waals surface area contributed by atoms with E-state index in [2.05, 4.69) is 17.2 Å². The summed E-state index contributed by atoms with van der Waals surface area (Å²) in [5, 5.41) is 2.89. The first-order valence-electron chi connectivity index (χ1n) is 6.05. The molecule has 1 aromatic heterocycles. The molecule has 100 valence electrons. The average molecular weight is 269 g/mol. The molecule has 0 spiro atoms. The molecule has 0 aromatic carbocycles. The van der Waals surface area contributed by atoms with E-state index in [1.165, 1.54) is 10.5 Å². The van der Waals surface area contributed by atoms with Gasteiger partial charge in [-0.2, -0.15) is 0 Å². The van der Waals surface area contributed by atoms with E-state index in [4.69, 9.17) is 0 Å². The van der Waals surface area contributed by atoms with Crippen LogP contribution in [0.1, 0.15) is 13.3 Å². The average Bonchev–Trinajstić information content (AvgIpc) is 3.04. The summed E-state index contributed by atoms with van der Waals surface area (Å²) in [4.78, 5) is 4.15. The van der Waals surface area contributed by atoms with Crippen LogP contribution in [0.4, 0.5) is 5.69 Å². The van der Waals surface area contributed by atoms with Crippen LogP contribution in [0.5, 0.6) is 0 Å². The van der Waals surface area contributed by atoms with Crippen molar-refractivity contribution in [2.24, 2.45) is 11.8 Å². The molecule has 0 aliphatic heterocycles. The van der Waals surface area contributed by atoms with Crippen LogP contribution in [0.3, 0.4) is 0 Å². The molecule has 1 heterocycles. The molecular formula is C12H19N3O2S. The van der Waals surface area contributed by atoms with Crippen LogP contribution in [0.25, 0.3) is 0 Å². The fourth-order valence-electron chi connectivity index (χ4n) is 2.04. The van der Waals surface area contributed by atoms with E-state index in [9.17, 15) is 8.42 Å². The molecule has 0 bridgehead atoms. The van der Waals surface area contributed by atoms with Crippen molar-refractivity contribution in [2.75, 3.05) is 26.0 Å². The highest BCUT2D eigenvalue weighted by atomic mass is 32.2. The van der Waals surface area contributed by atoms with E-state index < -0.39 is 10.0 Å². The van der Waals surface area contributed by atoms with Gasteiger partial charge < -0.3 is 5.32 Å². The van der Waals surface area contributed by atoms with Gasteiger partial charge >= 0.3 is 0 Å². The van der Waals surface area contributed by atoms with Gasteiger partial charge in [0, 0.05) is 33.0 Å². The first kappa shape index (κ1) is 13.3. The zero-order valence-electron chi connectivity index (χ0n) is 10.9. The second kappa shape index (κ2) is 4.85. The summed E-state index contributed by atoms with van der Waals surface area (Å²) in [5.41, 5.74) is 0.584. The van der Waals surface area contributed by atoms with Gasteiger partial charge in [0.25, 0.3) is 0 Å². The van der Waals surface area contributed by atoms with Crippen molar-refractivity contribution < 1.29 is 8.42 Å². The summed E-state index contributed by atoms with van der Waals surface area (Å²) < 4.78 is 26.3. The molecule has 0 saturated heterocycles. The fraction of sp³-hybridized carbons (Fsp3) is 0.583. The van der Waals surface area contributed by atoms with Crippen molar-refractivity contribution in [3.63, 3.8) is 0 Å². The molecule has 2 unspecified atom stereocenters. The highest BCUT2D eigenvalue weighted by Crippen LogP contribution is 2.39. The Hall–Kier alpha value is -1.14. The molecular weight excluding hydrogens is 250 g/mol. The summed E-state index contributed by atoms with van der Waals surface area (Å²) in [5.74, 6) is 1.14. The normalized spacial score (nSPS) is 23.1. The topological polar surface area (TPSA) is 62.3 Å². The maximum absolute atomic E-state index is 12.4. The second-order valence-electron chi connectivity index (χ2n) is 4.88. The van der Waals surface area contributed by atoms with Gasteiger partial charge in [-0.1, -0.05) is 6.92 Å². The molecule has 1 aliphatic carbocycles. The summed E-state index contributed by atoms with van der Waals surface area (Å²) in [6, 6.07) is 1.67. The van der Waals surface area contributed by atoms with Crippen LogP contribution in [0, 0.1) is 11.8 Å². The maximum Gasteiger partial charge on any atom is 0.246 e. The lowest BCUT2D eigenvalue weighted by Gasteiger charge is -2.18. The molecule has 1 saturated carbocycles. The molecule has 1 fully saturated rings. The maximum atomic E-state index is 12.4. The Morgan fingerprint density at radius 3 is 2.78 bits per heavy atom. The Kier molecular flexibility index (Phi) is 3.59. The van der Waals surface area contributed by atoms with E-state index in [-0.39, 0.29) is 4.90 Å².